The van der Waals surface area contributed by atoms with E-state index in [0.29, 0.717) is 6.54 Å². The zero-order chi connectivity index (χ0) is 13.3. The maximum absolute atomic E-state index is 6.02. The van der Waals surface area contributed by atoms with Gasteiger partial charge in [-0.15, -0.1) is 0 Å². The number of halogens is 1. The van der Waals surface area contributed by atoms with Gasteiger partial charge in [0, 0.05) is 29.4 Å². The summed E-state index contributed by atoms with van der Waals surface area (Å²) in [6.45, 7) is 7.57. The van der Waals surface area contributed by atoms with Gasteiger partial charge in [0.2, 0.25) is 0 Å². The van der Waals surface area contributed by atoms with Crippen molar-refractivity contribution in [1.82, 2.24) is 9.78 Å². The first-order chi connectivity index (χ1) is 8.58. The Morgan fingerprint density at radius 2 is 2.06 bits per heavy atom. The first kappa shape index (κ1) is 13.1. The number of nitrogens with two attached hydrogens (primary N) is 1. The summed E-state index contributed by atoms with van der Waals surface area (Å²) in [6.07, 6.45) is 0. The number of benzene rings is 1. The average Bonchev–Trinajstić information content (AvgIpc) is 2.64. The van der Waals surface area contributed by atoms with Crippen molar-refractivity contribution < 1.29 is 0 Å². The van der Waals surface area contributed by atoms with Crippen LogP contribution in [0.15, 0.2) is 18.2 Å². The van der Waals surface area contributed by atoms with Crippen molar-refractivity contribution in [3.8, 4) is 11.1 Å². The third-order valence-electron chi connectivity index (χ3n) is 3.24. The molecule has 1 aromatic heterocycles. The second-order valence-corrected chi connectivity index (χ2v) is 4.80. The molecule has 0 aliphatic carbocycles. The Bertz CT molecular complexity index is 573. The van der Waals surface area contributed by atoms with Gasteiger partial charge in [-0.05, 0) is 44.0 Å². The lowest BCUT2D eigenvalue weighted by atomic mass is 9.98. The van der Waals surface area contributed by atoms with Gasteiger partial charge >= 0.3 is 0 Å². The maximum Gasteiger partial charge on any atom is 0.0675 e. The van der Waals surface area contributed by atoms with E-state index in [1.807, 2.05) is 29.8 Å². The monoisotopic (exact) mass is 263 g/mol. The van der Waals surface area contributed by atoms with Gasteiger partial charge in [-0.2, -0.15) is 5.10 Å². The van der Waals surface area contributed by atoms with Crippen molar-refractivity contribution >= 4 is 11.6 Å². The molecule has 18 heavy (non-hydrogen) atoms. The Hall–Kier alpha value is -1.32. The van der Waals surface area contributed by atoms with Gasteiger partial charge in [0.15, 0.2) is 0 Å². The standard InChI is InChI=1S/C14H18ClN3/c1-4-18-10(3)14(9(2)17-18)13-6-5-12(15)7-11(13)8-16/h5-7H,4,8,16H2,1-3H3. The number of hydrogen-bond acceptors (Lipinski definition) is 2. The van der Waals surface area contributed by atoms with Gasteiger partial charge in [-0.3, -0.25) is 4.68 Å². The number of nitrogens with zero attached hydrogens (tertiary/aromatic N) is 2. The van der Waals surface area contributed by atoms with E-state index in [4.69, 9.17) is 17.3 Å². The third kappa shape index (κ3) is 2.16. The molecule has 0 atom stereocenters. The molecule has 0 spiro atoms. The van der Waals surface area contributed by atoms with Gasteiger partial charge in [-0.25, -0.2) is 0 Å². The molecule has 1 aromatic carbocycles. The second-order valence-electron chi connectivity index (χ2n) is 4.37. The SMILES string of the molecule is CCn1nc(C)c(-c2ccc(Cl)cc2CN)c1C. The molecule has 3 nitrogen and oxygen atoms in total. The van der Waals surface area contributed by atoms with Crippen molar-refractivity contribution in [2.45, 2.75) is 33.9 Å². The molecular weight excluding hydrogens is 246 g/mol. The van der Waals surface area contributed by atoms with E-state index in [-0.39, 0.29) is 0 Å². The molecule has 0 bridgehead atoms. The highest BCUT2D eigenvalue weighted by Crippen LogP contribution is 2.31. The van der Waals surface area contributed by atoms with Crippen molar-refractivity contribution in [2.24, 2.45) is 5.73 Å². The van der Waals surface area contributed by atoms with E-state index < -0.39 is 0 Å². The van der Waals surface area contributed by atoms with Crippen LogP contribution in [0.1, 0.15) is 23.9 Å². The van der Waals surface area contributed by atoms with Gasteiger partial charge < -0.3 is 5.73 Å². The largest absolute Gasteiger partial charge is 0.326 e. The highest BCUT2D eigenvalue weighted by Gasteiger charge is 2.15. The predicted octanol–water partition coefficient (Wildman–Crippen LogP) is 3.30. The molecule has 0 saturated heterocycles. The van der Waals surface area contributed by atoms with Gasteiger partial charge in [0.25, 0.3) is 0 Å². The summed E-state index contributed by atoms with van der Waals surface area (Å²) in [4.78, 5) is 0. The van der Waals surface area contributed by atoms with Crippen molar-refractivity contribution in [2.75, 3.05) is 0 Å². The van der Waals surface area contributed by atoms with Crippen molar-refractivity contribution in [1.29, 1.82) is 0 Å². The fraction of sp³-hybridized carbons (Fsp3) is 0.357. The molecule has 2 aromatic rings. The summed E-state index contributed by atoms with van der Waals surface area (Å²) < 4.78 is 2.01. The normalized spacial score (nSPS) is 10.9. The summed E-state index contributed by atoms with van der Waals surface area (Å²) in [7, 11) is 0. The molecule has 0 unspecified atom stereocenters. The fourth-order valence-electron chi connectivity index (χ4n) is 2.37. The van der Waals surface area contributed by atoms with E-state index >= 15 is 0 Å². The lowest BCUT2D eigenvalue weighted by Gasteiger charge is -2.09. The molecule has 96 valence electrons. The van der Waals surface area contributed by atoms with E-state index in [1.165, 1.54) is 11.3 Å². The van der Waals surface area contributed by atoms with E-state index in [9.17, 15) is 0 Å². The molecule has 0 aliphatic rings. The number of hydrogen-bond donors (Lipinski definition) is 1. The minimum Gasteiger partial charge on any atom is -0.326 e. The molecule has 0 amide bonds. The van der Waals surface area contributed by atoms with Crippen LogP contribution in [0.2, 0.25) is 5.02 Å². The zero-order valence-electron chi connectivity index (χ0n) is 11.0. The Labute approximate surface area is 113 Å². The van der Waals surface area contributed by atoms with Crippen LogP contribution in [0.5, 0.6) is 0 Å². The highest BCUT2D eigenvalue weighted by molar-refractivity contribution is 6.30. The van der Waals surface area contributed by atoms with Crippen molar-refractivity contribution in [3.63, 3.8) is 0 Å². The van der Waals surface area contributed by atoms with Crippen LogP contribution in [0.25, 0.3) is 11.1 Å². The summed E-state index contributed by atoms with van der Waals surface area (Å²) in [6, 6.07) is 5.86. The van der Waals surface area contributed by atoms with E-state index in [1.54, 1.807) is 0 Å². The Kier molecular flexibility index (Phi) is 3.73. The Balaban J connectivity index is 2.65. The van der Waals surface area contributed by atoms with Crippen LogP contribution in [-0.4, -0.2) is 9.78 Å². The van der Waals surface area contributed by atoms with Crippen LogP contribution >= 0.6 is 11.6 Å². The molecule has 0 saturated carbocycles. The van der Waals surface area contributed by atoms with Crippen LogP contribution in [0.4, 0.5) is 0 Å². The number of rotatable bonds is 3. The average molecular weight is 264 g/mol. The lowest BCUT2D eigenvalue weighted by Crippen LogP contribution is -2.01. The van der Waals surface area contributed by atoms with E-state index in [0.717, 1.165) is 28.4 Å². The summed E-state index contributed by atoms with van der Waals surface area (Å²) in [5, 5.41) is 5.27. The lowest BCUT2D eigenvalue weighted by molar-refractivity contribution is 0.634. The summed E-state index contributed by atoms with van der Waals surface area (Å²) in [5.74, 6) is 0. The Morgan fingerprint density at radius 3 is 2.61 bits per heavy atom. The molecule has 1 heterocycles. The van der Waals surface area contributed by atoms with Crippen LogP contribution in [0.3, 0.4) is 0 Å². The minimum absolute atomic E-state index is 0.478. The van der Waals surface area contributed by atoms with Crippen LogP contribution in [0, 0.1) is 13.8 Å². The molecular formula is C14H18ClN3. The quantitative estimate of drug-likeness (QED) is 0.923. The number of aromatic nitrogens is 2. The Morgan fingerprint density at radius 1 is 1.33 bits per heavy atom. The first-order valence-corrected chi connectivity index (χ1v) is 6.49. The van der Waals surface area contributed by atoms with Crippen LogP contribution < -0.4 is 5.73 Å². The third-order valence-corrected chi connectivity index (χ3v) is 3.47. The summed E-state index contributed by atoms with van der Waals surface area (Å²) >= 11 is 6.02. The zero-order valence-corrected chi connectivity index (χ0v) is 11.8. The molecule has 0 aliphatic heterocycles. The van der Waals surface area contributed by atoms with Gasteiger partial charge in [0.1, 0.15) is 0 Å². The van der Waals surface area contributed by atoms with Gasteiger partial charge in [0.05, 0.1) is 5.69 Å². The smallest absolute Gasteiger partial charge is 0.0675 e. The first-order valence-electron chi connectivity index (χ1n) is 6.11. The molecule has 4 heteroatoms. The maximum atomic E-state index is 6.02. The molecule has 0 radical (unpaired) electrons. The summed E-state index contributed by atoms with van der Waals surface area (Å²) in [5.41, 5.74) is 11.4. The molecule has 2 rings (SSSR count). The highest BCUT2D eigenvalue weighted by atomic mass is 35.5. The second kappa shape index (κ2) is 5.12. The number of aryl methyl sites for hydroxylation is 2. The minimum atomic E-state index is 0.478. The van der Waals surface area contributed by atoms with Crippen LogP contribution in [-0.2, 0) is 13.1 Å². The fourth-order valence-corrected chi connectivity index (χ4v) is 2.56. The van der Waals surface area contributed by atoms with Gasteiger partial charge in [-0.1, -0.05) is 17.7 Å². The molecule has 2 N–H and O–H groups in total. The molecule has 0 fully saturated rings. The predicted molar refractivity (Wildman–Crippen MR) is 75.7 cm³/mol. The van der Waals surface area contributed by atoms with E-state index in [2.05, 4.69) is 18.9 Å². The van der Waals surface area contributed by atoms with Crippen molar-refractivity contribution in [3.05, 3.63) is 40.2 Å². The topological polar surface area (TPSA) is 43.8 Å².